The van der Waals surface area contributed by atoms with Crippen LogP contribution >= 0.6 is 0 Å². The molecule has 0 amide bonds. The van der Waals surface area contributed by atoms with Gasteiger partial charge >= 0.3 is 5.97 Å². The van der Waals surface area contributed by atoms with Crippen molar-refractivity contribution in [3.63, 3.8) is 0 Å². The van der Waals surface area contributed by atoms with Crippen LogP contribution in [0.25, 0.3) is 0 Å². The lowest BCUT2D eigenvalue weighted by Crippen LogP contribution is -2.21. The molecule has 27 heavy (non-hydrogen) atoms. The maximum Gasteiger partial charge on any atom is 0.338 e. The average Bonchev–Trinajstić information content (AvgIpc) is 2.59. The van der Waals surface area contributed by atoms with Crippen molar-refractivity contribution in [2.45, 2.75) is 97.3 Å². The van der Waals surface area contributed by atoms with E-state index in [9.17, 15) is 4.79 Å². The fourth-order valence-electron chi connectivity index (χ4n) is 3.82. The fourth-order valence-corrected chi connectivity index (χ4v) is 3.82. The van der Waals surface area contributed by atoms with Gasteiger partial charge in [-0.1, -0.05) is 79.1 Å². The lowest BCUT2D eigenvalue weighted by molar-refractivity contribution is 0.0497. The van der Waals surface area contributed by atoms with Crippen molar-refractivity contribution in [3.05, 3.63) is 23.3 Å². The number of benzene rings is 1. The summed E-state index contributed by atoms with van der Waals surface area (Å²) < 4.78 is 5.41. The maximum atomic E-state index is 12.3. The zero-order chi connectivity index (χ0) is 20.3. The number of carbonyl (C=O) groups excluding carboxylic acids is 1. The van der Waals surface area contributed by atoms with Crippen LogP contribution in [0.1, 0.15) is 108 Å². The molecule has 0 aliphatic carbocycles. The van der Waals surface area contributed by atoms with Crippen LogP contribution in [0.15, 0.2) is 12.1 Å². The van der Waals surface area contributed by atoms with E-state index in [1.165, 1.54) is 38.5 Å². The molecule has 0 fully saturated rings. The number of hydrogen-bond acceptors (Lipinski definition) is 4. The van der Waals surface area contributed by atoms with Crippen LogP contribution < -0.4 is 11.5 Å². The van der Waals surface area contributed by atoms with E-state index in [-0.39, 0.29) is 11.4 Å². The van der Waals surface area contributed by atoms with E-state index in [2.05, 4.69) is 27.7 Å². The third-order valence-electron chi connectivity index (χ3n) is 5.22. The Balaban J connectivity index is 2.48. The molecule has 1 rings (SSSR count). The molecule has 4 N–H and O–H groups in total. The van der Waals surface area contributed by atoms with Crippen molar-refractivity contribution in [1.29, 1.82) is 0 Å². The molecule has 0 atom stereocenters. The van der Waals surface area contributed by atoms with Crippen molar-refractivity contribution in [2.24, 2.45) is 0 Å². The molecule has 0 aliphatic heterocycles. The van der Waals surface area contributed by atoms with E-state index in [1.807, 2.05) is 0 Å². The SMILES string of the molecule is CCCCCCCCCCOC(=O)c1cc(N)c(C(C)(C)CCC)c(N)c1. The molecule has 0 saturated carbocycles. The highest BCUT2D eigenvalue weighted by atomic mass is 16.5. The lowest BCUT2D eigenvalue weighted by atomic mass is 9.78. The predicted octanol–water partition coefficient (Wildman–Crippen LogP) is 6.23. The lowest BCUT2D eigenvalue weighted by Gasteiger charge is -2.28. The number of esters is 1. The van der Waals surface area contributed by atoms with E-state index in [1.54, 1.807) is 12.1 Å². The summed E-state index contributed by atoms with van der Waals surface area (Å²) in [5, 5.41) is 0. The van der Waals surface area contributed by atoms with Crippen LogP contribution in [-0.2, 0) is 10.2 Å². The molecular formula is C23H40N2O2. The minimum atomic E-state index is -0.337. The molecule has 0 aromatic heterocycles. The first-order chi connectivity index (χ1) is 12.8. The molecule has 154 valence electrons. The summed E-state index contributed by atoms with van der Waals surface area (Å²) in [7, 11) is 0. The highest BCUT2D eigenvalue weighted by molar-refractivity contribution is 5.92. The first-order valence-corrected chi connectivity index (χ1v) is 10.7. The number of ether oxygens (including phenoxy) is 1. The van der Waals surface area contributed by atoms with Crippen LogP contribution in [-0.4, -0.2) is 12.6 Å². The molecule has 0 heterocycles. The smallest absolute Gasteiger partial charge is 0.338 e. The quantitative estimate of drug-likeness (QED) is 0.243. The van der Waals surface area contributed by atoms with Gasteiger partial charge in [0.05, 0.1) is 12.2 Å². The topological polar surface area (TPSA) is 78.3 Å². The van der Waals surface area contributed by atoms with Crippen molar-refractivity contribution in [1.82, 2.24) is 0 Å². The first kappa shape index (κ1) is 23.3. The van der Waals surface area contributed by atoms with Gasteiger partial charge < -0.3 is 16.2 Å². The summed E-state index contributed by atoms with van der Waals surface area (Å²) in [6.45, 7) is 9.11. The van der Waals surface area contributed by atoms with Crippen LogP contribution in [0, 0.1) is 0 Å². The highest BCUT2D eigenvalue weighted by Crippen LogP contribution is 2.37. The predicted molar refractivity (Wildman–Crippen MR) is 116 cm³/mol. The Kier molecular flexibility index (Phi) is 10.3. The standard InChI is InChI=1S/C23H40N2O2/c1-5-7-8-9-10-11-12-13-15-27-22(26)18-16-19(24)21(20(25)17-18)23(3,4)14-6-2/h16-17H,5-15,24-25H2,1-4H3. The first-order valence-electron chi connectivity index (χ1n) is 10.7. The monoisotopic (exact) mass is 376 g/mol. The fraction of sp³-hybridized carbons (Fsp3) is 0.696. The minimum absolute atomic E-state index is 0.109. The third kappa shape index (κ3) is 7.82. The van der Waals surface area contributed by atoms with Gasteiger partial charge in [-0.15, -0.1) is 0 Å². The summed E-state index contributed by atoms with van der Waals surface area (Å²) >= 11 is 0. The summed E-state index contributed by atoms with van der Waals surface area (Å²) in [6, 6.07) is 3.42. The summed E-state index contributed by atoms with van der Waals surface area (Å²) in [5.41, 5.74) is 14.9. The zero-order valence-corrected chi connectivity index (χ0v) is 17.9. The van der Waals surface area contributed by atoms with Crippen molar-refractivity contribution < 1.29 is 9.53 Å². The van der Waals surface area contributed by atoms with Gasteiger partial charge in [0.25, 0.3) is 0 Å². The summed E-state index contributed by atoms with van der Waals surface area (Å²) in [6.07, 6.45) is 11.8. The summed E-state index contributed by atoms with van der Waals surface area (Å²) in [4.78, 5) is 12.3. The Hall–Kier alpha value is -1.71. The molecule has 0 saturated heterocycles. The van der Waals surface area contributed by atoms with Crippen LogP contribution in [0.4, 0.5) is 11.4 Å². The number of nitrogen functional groups attached to an aromatic ring is 2. The number of nitrogens with two attached hydrogens (primary N) is 2. The van der Waals surface area contributed by atoms with Gasteiger partial charge in [0, 0.05) is 16.9 Å². The molecular weight excluding hydrogens is 336 g/mol. The largest absolute Gasteiger partial charge is 0.462 e. The van der Waals surface area contributed by atoms with Crippen LogP contribution in [0.3, 0.4) is 0 Å². The van der Waals surface area contributed by atoms with Gasteiger partial charge in [-0.2, -0.15) is 0 Å². The van der Waals surface area contributed by atoms with Gasteiger partial charge in [0.15, 0.2) is 0 Å². The van der Waals surface area contributed by atoms with Gasteiger partial charge in [-0.05, 0) is 30.4 Å². The number of anilines is 2. The van der Waals surface area contributed by atoms with Crippen molar-refractivity contribution >= 4 is 17.3 Å². The molecule has 1 aromatic rings. The number of hydrogen-bond donors (Lipinski definition) is 2. The van der Waals surface area contributed by atoms with Gasteiger partial charge in [0.2, 0.25) is 0 Å². The number of unbranched alkanes of at least 4 members (excludes halogenated alkanes) is 7. The van der Waals surface area contributed by atoms with Gasteiger partial charge in [-0.25, -0.2) is 4.79 Å². The van der Waals surface area contributed by atoms with E-state index in [0.29, 0.717) is 23.5 Å². The Morgan fingerprint density at radius 3 is 1.93 bits per heavy atom. The molecule has 1 aromatic carbocycles. The second-order valence-corrected chi connectivity index (χ2v) is 8.27. The highest BCUT2D eigenvalue weighted by Gasteiger charge is 2.26. The summed E-state index contributed by atoms with van der Waals surface area (Å²) in [5.74, 6) is -0.337. The molecule has 4 nitrogen and oxygen atoms in total. The Morgan fingerprint density at radius 2 is 1.41 bits per heavy atom. The van der Waals surface area contributed by atoms with Crippen molar-refractivity contribution in [2.75, 3.05) is 18.1 Å². The third-order valence-corrected chi connectivity index (χ3v) is 5.22. The number of rotatable bonds is 13. The average molecular weight is 377 g/mol. The second-order valence-electron chi connectivity index (χ2n) is 8.27. The second kappa shape index (κ2) is 11.9. The number of carbonyl (C=O) groups is 1. The van der Waals surface area contributed by atoms with E-state index < -0.39 is 0 Å². The molecule has 0 spiro atoms. The van der Waals surface area contributed by atoms with E-state index in [0.717, 1.165) is 31.2 Å². The van der Waals surface area contributed by atoms with E-state index in [4.69, 9.17) is 16.2 Å². The Labute approximate surface area is 166 Å². The van der Waals surface area contributed by atoms with Crippen LogP contribution in [0.5, 0.6) is 0 Å². The maximum absolute atomic E-state index is 12.3. The minimum Gasteiger partial charge on any atom is -0.462 e. The van der Waals surface area contributed by atoms with Crippen LogP contribution in [0.2, 0.25) is 0 Å². The molecule has 0 unspecified atom stereocenters. The van der Waals surface area contributed by atoms with Gasteiger partial charge in [-0.3, -0.25) is 0 Å². The normalized spacial score (nSPS) is 11.6. The Bertz CT molecular complexity index is 559. The Morgan fingerprint density at radius 1 is 0.889 bits per heavy atom. The molecule has 0 radical (unpaired) electrons. The van der Waals surface area contributed by atoms with E-state index >= 15 is 0 Å². The molecule has 4 heteroatoms. The molecule has 0 aliphatic rings. The van der Waals surface area contributed by atoms with Gasteiger partial charge in [0.1, 0.15) is 0 Å². The molecule has 0 bridgehead atoms. The van der Waals surface area contributed by atoms with Crippen molar-refractivity contribution in [3.8, 4) is 0 Å². The zero-order valence-electron chi connectivity index (χ0n) is 17.9.